The maximum absolute atomic E-state index is 5.58. The molecular weight excluding hydrogens is 246 g/mol. The summed E-state index contributed by atoms with van der Waals surface area (Å²) < 4.78 is 5.58. The van der Waals surface area contributed by atoms with Crippen LogP contribution in [0.15, 0.2) is 24.3 Å². The number of para-hydroxylation sites is 1. The maximum atomic E-state index is 5.58. The third kappa shape index (κ3) is 6.12. The number of nitrogens with one attached hydrogen (secondary N) is 1. The van der Waals surface area contributed by atoms with E-state index in [0.29, 0.717) is 12.0 Å². The fourth-order valence-electron chi connectivity index (χ4n) is 2.63. The average molecular weight is 273 g/mol. The molecular formula is C18H27NO. The van der Waals surface area contributed by atoms with Gasteiger partial charge in [0.15, 0.2) is 0 Å². The van der Waals surface area contributed by atoms with E-state index in [1.807, 2.05) is 18.2 Å². The molecule has 0 aromatic heterocycles. The van der Waals surface area contributed by atoms with E-state index in [9.17, 15) is 0 Å². The van der Waals surface area contributed by atoms with Gasteiger partial charge in [-0.1, -0.05) is 44.9 Å². The normalized spacial score (nSPS) is 12.0. The maximum Gasteiger partial charge on any atom is 0.148 e. The summed E-state index contributed by atoms with van der Waals surface area (Å²) in [4.78, 5) is 0. The molecule has 2 heteroatoms. The number of ether oxygens (including phenoxy) is 1. The number of hydrogen-bond acceptors (Lipinski definition) is 2. The number of rotatable bonds is 6. The van der Waals surface area contributed by atoms with Crippen molar-refractivity contribution in [2.45, 2.75) is 53.1 Å². The minimum Gasteiger partial charge on any atom is -0.481 e. The molecule has 0 atom stereocenters. The minimum absolute atomic E-state index is 0.0808. The van der Waals surface area contributed by atoms with E-state index in [-0.39, 0.29) is 5.54 Å². The standard InChI is InChI=1S/C18H27NO/c1-7-12-20-16-11-9-8-10-15(16)13-19-18(5,6)14-17(2,3)4/h1,8-11,19H,12-14H2,2-6H3. The zero-order valence-corrected chi connectivity index (χ0v) is 13.4. The zero-order valence-electron chi connectivity index (χ0n) is 13.4. The molecule has 0 saturated heterocycles. The van der Waals surface area contributed by atoms with Gasteiger partial charge in [-0.25, -0.2) is 0 Å². The van der Waals surface area contributed by atoms with Gasteiger partial charge in [-0.2, -0.15) is 0 Å². The van der Waals surface area contributed by atoms with Crippen LogP contribution in [-0.2, 0) is 6.54 Å². The topological polar surface area (TPSA) is 21.3 Å². The van der Waals surface area contributed by atoms with Crippen molar-refractivity contribution in [2.24, 2.45) is 5.41 Å². The van der Waals surface area contributed by atoms with Crippen molar-refractivity contribution in [3.05, 3.63) is 29.8 Å². The van der Waals surface area contributed by atoms with Crippen LogP contribution >= 0.6 is 0 Å². The lowest BCUT2D eigenvalue weighted by Gasteiger charge is -2.33. The highest BCUT2D eigenvalue weighted by Gasteiger charge is 2.24. The molecule has 2 nitrogen and oxygen atoms in total. The van der Waals surface area contributed by atoms with Crippen molar-refractivity contribution in [2.75, 3.05) is 6.61 Å². The lowest BCUT2D eigenvalue weighted by molar-refractivity contribution is 0.239. The van der Waals surface area contributed by atoms with Gasteiger partial charge in [0, 0.05) is 17.6 Å². The van der Waals surface area contributed by atoms with Gasteiger partial charge in [-0.05, 0) is 31.7 Å². The van der Waals surface area contributed by atoms with E-state index in [2.05, 4.69) is 51.9 Å². The van der Waals surface area contributed by atoms with Crippen LogP contribution in [0.25, 0.3) is 0 Å². The largest absolute Gasteiger partial charge is 0.481 e. The molecule has 0 spiro atoms. The van der Waals surface area contributed by atoms with Gasteiger partial charge in [0.05, 0.1) is 0 Å². The predicted octanol–water partition coefficient (Wildman–Crippen LogP) is 4.00. The Kier molecular flexibility index (Phi) is 5.65. The molecule has 1 aromatic rings. The number of terminal acetylenes is 1. The molecule has 0 aliphatic carbocycles. The first kappa shape index (κ1) is 16.6. The van der Waals surface area contributed by atoms with Crippen molar-refractivity contribution in [1.29, 1.82) is 0 Å². The highest BCUT2D eigenvalue weighted by Crippen LogP contribution is 2.27. The van der Waals surface area contributed by atoms with Gasteiger partial charge in [-0.15, -0.1) is 6.42 Å². The van der Waals surface area contributed by atoms with E-state index in [1.165, 1.54) is 0 Å². The van der Waals surface area contributed by atoms with Crippen LogP contribution in [0, 0.1) is 17.8 Å². The summed E-state index contributed by atoms with van der Waals surface area (Å²) >= 11 is 0. The van der Waals surface area contributed by atoms with Crippen LogP contribution in [0.1, 0.15) is 46.6 Å². The Hall–Kier alpha value is -1.46. The highest BCUT2D eigenvalue weighted by molar-refractivity contribution is 5.33. The third-order valence-electron chi connectivity index (χ3n) is 3.01. The van der Waals surface area contributed by atoms with E-state index < -0.39 is 0 Å². The van der Waals surface area contributed by atoms with Gasteiger partial charge in [0.1, 0.15) is 12.4 Å². The first-order chi connectivity index (χ1) is 9.23. The van der Waals surface area contributed by atoms with Crippen molar-refractivity contribution in [3.63, 3.8) is 0 Å². The Morgan fingerprint density at radius 3 is 2.40 bits per heavy atom. The molecule has 0 fully saturated rings. The Balaban J connectivity index is 2.67. The average Bonchev–Trinajstić information content (AvgIpc) is 2.32. The molecule has 0 unspecified atom stereocenters. The van der Waals surface area contributed by atoms with E-state index in [0.717, 1.165) is 24.3 Å². The summed E-state index contributed by atoms with van der Waals surface area (Å²) in [5.41, 5.74) is 1.53. The lowest BCUT2D eigenvalue weighted by Crippen LogP contribution is -2.41. The Bertz CT molecular complexity index is 463. The Morgan fingerprint density at radius 2 is 1.80 bits per heavy atom. The van der Waals surface area contributed by atoms with Gasteiger partial charge in [0.25, 0.3) is 0 Å². The predicted molar refractivity (Wildman–Crippen MR) is 85.8 cm³/mol. The molecule has 0 aliphatic rings. The second kappa shape index (κ2) is 6.81. The van der Waals surface area contributed by atoms with Crippen LogP contribution in [0.3, 0.4) is 0 Å². The molecule has 0 heterocycles. The van der Waals surface area contributed by atoms with Crippen molar-refractivity contribution >= 4 is 0 Å². The van der Waals surface area contributed by atoms with E-state index >= 15 is 0 Å². The fourth-order valence-corrected chi connectivity index (χ4v) is 2.63. The zero-order chi connectivity index (χ0) is 15.2. The number of hydrogen-bond donors (Lipinski definition) is 1. The van der Waals surface area contributed by atoms with Gasteiger partial charge < -0.3 is 10.1 Å². The van der Waals surface area contributed by atoms with Crippen molar-refractivity contribution in [1.82, 2.24) is 5.32 Å². The summed E-state index contributed by atoms with van der Waals surface area (Å²) in [6.07, 6.45) is 6.35. The first-order valence-corrected chi connectivity index (χ1v) is 7.13. The van der Waals surface area contributed by atoms with E-state index in [4.69, 9.17) is 11.2 Å². The summed E-state index contributed by atoms with van der Waals surface area (Å²) in [6, 6.07) is 8.03. The monoisotopic (exact) mass is 273 g/mol. The molecule has 1 rings (SSSR count). The van der Waals surface area contributed by atoms with E-state index in [1.54, 1.807) is 0 Å². The molecule has 1 aromatic carbocycles. The Morgan fingerprint density at radius 1 is 1.15 bits per heavy atom. The second-order valence-electron chi connectivity index (χ2n) is 7.08. The van der Waals surface area contributed by atoms with Crippen LogP contribution in [0.2, 0.25) is 0 Å². The minimum atomic E-state index is 0.0808. The Labute approximate surface area is 123 Å². The van der Waals surface area contributed by atoms with Crippen LogP contribution in [0.4, 0.5) is 0 Å². The first-order valence-electron chi connectivity index (χ1n) is 7.13. The van der Waals surface area contributed by atoms with Gasteiger partial charge >= 0.3 is 0 Å². The molecule has 0 radical (unpaired) electrons. The highest BCUT2D eigenvalue weighted by atomic mass is 16.5. The smallest absolute Gasteiger partial charge is 0.148 e. The molecule has 110 valence electrons. The van der Waals surface area contributed by atoms with Crippen LogP contribution < -0.4 is 10.1 Å². The lowest BCUT2D eigenvalue weighted by atomic mass is 9.82. The second-order valence-corrected chi connectivity index (χ2v) is 7.08. The third-order valence-corrected chi connectivity index (χ3v) is 3.01. The SMILES string of the molecule is C#CCOc1ccccc1CNC(C)(C)CC(C)(C)C. The molecule has 0 aliphatic heterocycles. The van der Waals surface area contributed by atoms with Gasteiger partial charge in [0.2, 0.25) is 0 Å². The van der Waals surface area contributed by atoms with Crippen molar-refractivity contribution < 1.29 is 4.74 Å². The summed E-state index contributed by atoms with van der Waals surface area (Å²) in [5.74, 6) is 3.37. The summed E-state index contributed by atoms with van der Waals surface area (Å²) in [5, 5.41) is 3.62. The van der Waals surface area contributed by atoms with Crippen LogP contribution in [0.5, 0.6) is 5.75 Å². The molecule has 1 N–H and O–H groups in total. The number of benzene rings is 1. The molecule has 0 amide bonds. The quantitative estimate of drug-likeness (QED) is 0.791. The van der Waals surface area contributed by atoms with Gasteiger partial charge in [-0.3, -0.25) is 0 Å². The summed E-state index contributed by atoms with van der Waals surface area (Å²) in [6.45, 7) is 12.4. The molecule has 20 heavy (non-hydrogen) atoms. The molecule has 0 saturated carbocycles. The van der Waals surface area contributed by atoms with Crippen molar-refractivity contribution in [3.8, 4) is 18.1 Å². The fraction of sp³-hybridized carbons (Fsp3) is 0.556. The van der Waals surface area contributed by atoms with Crippen LogP contribution in [-0.4, -0.2) is 12.1 Å². The summed E-state index contributed by atoms with van der Waals surface area (Å²) in [7, 11) is 0. The molecule has 0 bridgehead atoms.